The third-order valence-electron chi connectivity index (χ3n) is 2.79. The number of hydrogen-bond donors (Lipinski definition) is 2. The predicted molar refractivity (Wildman–Crippen MR) is 53.8 cm³/mol. The monoisotopic (exact) mass is 200 g/mol. The lowest BCUT2D eigenvalue weighted by molar-refractivity contribution is -0.122. The maximum absolute atomic E-state index is 11.7. The molecule has 4 nitrogen and oxygen atoms in total. The Hall–Kier alpha value is -2.10. The average molecular weight is 200 g/mol. The molecule has 1 atom stereocenters. The van der Waals surface area contributed by atoms with E-state index in [4.69, 9.17) is 0 Å². The quantitative estimate of drug-likeness (QED) is 0.607. The van der Waals surface area contributed by atoms with E-state index in [-0.39, 0.29) is 5.91 Å². The molecule has 1 aliphatic carbocycles. The van der Waals surface area contributed by atoms with Crippen molar-refractivity contribution in [3.05, 3.63) is 41.5 Å². The molecular formula is C11H8N2O2. The molecule has 1 heterocycles. The van der Waals surface area contributed by atoms with Gasteiger partial charge in [0.15, 0.2) is 5.54 Å². The lowest BCUT2D eigenvalue weighted by atomic mass is 9.92. The van der Waals surface area contributed by atoms with Crippen LogP contribution in [-0.4, -0.2) is 11.9 Å². The first-order chi connectivity index (χ1) is 7.22. The second kappa shape index (κ2) is 2.48. The van der Waals surface area contributed by atoms with E-state index in [1.54, 1.807) is 6.08 Å². The van der Waals surface area contributed by atoms with Gasteiger partial charge in [-0.05, 0) is 17.2 Å². The van der Waals surface area contributed by atoms with Gasteiger partial charge in [0.25, 0.3) is 5.91 Å². The van der Waals surface area contributed by atoms with Crippen molar-refractivity contribution in [1.82, 2.24) is 10.6 Å². The minimum atomic E-state index is -0.978. The van der Waals surface area contributed by atoms with Gasteiger partial charge in [-0.3, -0.25) is 10.1 Å². The van der Waals surface area contributed by atoms with Crippen molar-refractivity contribution >= 4 is 18.0 Å². The van der Waals surface area contributed by atoms with Gasteiger partial charge in [-0.25, -0.2) is 4.79 Å². The molecule has 4 heteroatoms. The molecule has 74 valence electrons. The Morgan fingerprint density at radius 3 is 2.67 bits per heavy atom. The summed E-state index contributed by atoms with van der Waals surface area (Å²) < 4.78 is 0. The summed E-state index contributed by atoms with van der Waals surface area (Å²) >= 11 is 0. The van der Waals surface area contributed by atoms with Gasteiger partial charge >= 0.3 is 6.03 Å². The lowest BCUT2D eigenvalue weighted by Gasteiger charge is -2.19. The van der Waals surface area contributed by atoms with E-state index in [1.165, 1.54) is 0 Å². The van der Waals surface area contributed by atoms with E-state index < -0.39 is 11.6 Å². The van der Waals surface area contributed by atoms with Crippen LogP contribution in [0, 0.1) is 0 Å². The number of benzene rings is 1. The van der Waals surface area contributed by atoms with Gasteiger partial charge in [0.1, 0.15) is 0 Å². The average Bonchev–Trinajstić information content (AvgIpc) is 2.72. The summed E-state index contributed by atoms with van der Waals surface area (Å²) in [5.74, 6) is -0.311. The Bertz CT molecular complexity index is 507. The topological polar surface area (TPSA) is 58.2 Å². The maximum atomic E-state index is 11.7. The molecule has 0 unspecified atom stereocenters. The minimum Gasteiger partial charge on any atom is -0.316 e. The molecule has 1 fully saturated rings. The molecule has 1 spiro atoms. The summed E-state index contributed by atoms with van der Waals surface area (Å²) in [6, 6.07) is 7.07. The van der Waals surface area contributed by atoms with E-state index >= 15 is 0 Å². The van der Waals surface area contributed by atoms with Crippen LogP contribution in [0.25, 0.3) is 6.08 Å². The van der Waals surface area contributed by atoms with Crippen LogP contribution in [0.15, 0.2) is 30.3 Å². The molecule has 0 aromatic heterocycles. The summed E-state index contributed by atoms with van der Waals surface area (Å²) in [6.07, 6.45) is 3.57. The van der Waals surface area contributed by atoms with Crippen LogP contribution in [0.4, 0.5) is 4.79 Å². The zero-order valence-corrected chi connectivity index (χ0v) is 7.78. The summed E-state index contributed by atoms with van der Waals surface area (Å²) in [5, 5.41) is 4.90. The Labute approximate surface area is 86.0 Å². The summed E-state index contributed by atoms with van der Waals surface area (Å²) in [7, 11) is 0. The second-order valence-electron chi connectivity index (χ2n) is 3.64. The van der Waals surface area contributed by atoms with E-state index in [0.29, 0.717) is 0 Å². The van der Waals surface area contributed by atoms with Crippen molar-refractivity contribution in [2.45, 2.75) is 5.54 Å². The first kappa shape index (κ1) is 8.23. The number of nitrogens with one attached hydrogen (secondary N) is 2. The van der Waals surface area contributed by atoms with Crippen LogP contribution in [0.5, 0.6) is 0 Å². The fourth-order valence-electron chi connectivity index (χ4n) is 2.08. The Morgan fingerprint density at radius 2 is 1.93 bits per heavy atom. The molecule has 3 rings (SSSR count). The second-order valence-corrected chi connectivity index (χ2v) is 3.64. The normalized spacial score (nSPS) is 26.7. The number of carbonyl (C=O) groups is 2. The summed E-state index contributed by atoms with van der Waals surface area (Å²) in [4.78, 5) is 22.9. The Morgan fingerprint density at radius 1 is 1.13 bits per heavy atom. The van der Waals surface area contributed by atoms with Crippen LogP contribution >= 0.6 is 0 Å². The molecule has 0 saturated carbocycles. The first-order valence-electron chi connectivity index (χ1n) is 4.65. The van der Waals surface area contributed by atoms with Crippen molar-refractivity contribution in [1.29, 1.82) is 0 Å². The largest absolute Gasteiger partial charge is 0.322 e. The number of fused-ring (bicyclic) bond motifs is 2. The molecule has 3 amide bonds. The Balaban J connectivity index is 2.21. The summed E-state index contributed by atoms with van der Waals surface area (Å²) in [5.41, 5.74) is 0.816. The van der Waals surface area contributed by atoms with Crippen LogP contribution in [0.1, 0.15) is 11.1 Å². The fourth-order valence-corrected chi connectivity index (χ4v) is 2.08. The van der Waals surface area contributed by atoms with Crippen LogP contribution in [0.3, 0.4) is 0 Å². The molecule has 1 aliphatic heterocycles. The third-order valence-corrected chi connectivity index (χ3v) is 2.79. The lowest BCUT2D eigenvalue weighted by Crippen LogP contribution is -2.40. The molecule has 0 radical (unpaired) electrons. The number of amides is 3. The highest BCUT2D eigenvalue weighted by molar-refractivity contribution is 6.10. The molecular weight excluding hydrogens is 192 g/mol. The highest BCUT2D eigenvalue weighted by Crippen LogP contribution is 2.35. The Kier molecular flexibility index (Phi) is 1.36. The van der Waals surface area contributed by atoms with E-state index in [0.717, 1.165) is 11.1 Å². The van der Waals surface area contributed by atoms with Crippen molar-refractivity contribution < 1.29 is 9.59 Å². The van der Waals surface area contributed by atoms with Gasteiger partial charge in [0.2, 0.25) is 0 Å². The highest BCUT2D eigenvalue weighted by atomic mass is 16.2. The zero-order chi connectivity index (χ0) is 10.5. The van der Waals surface area contributed by atoms with E-state index in [1.807, 2.05) is 30.3 Å². The van der Waals surface area contributed by atoms with E-state index in [2.05, 4.69) is 10.6 Å². The molecule has 1 aromatic carbocycles. The molecule has 2 aliphatic rings. The van der Waals surface area contributed by atoms with Gasteiger partial charge in [-0.15, -0.1) is 0 Å². The number of rotatable bonds is 0. The van der Waals surface area contributed by atoms with Gasteiger partial charge < -0.3 is 5.32 Å². The number of urea groups is 1. The SMILES string of the molecule is O=C1NC(=O)[C@]2(C=Cc3ccccc32)N1. The van der Waals surface area contributed by atoms with Crippen molar-refractivity contribution in [3.63, 3.8) is 0 Å². The fraction of sp³-hybridized carbons (Fsp3) is 0.0909. The molecule has 2 N–H and O–H groups in total. The molecule has 15 heavy (non-hydrogen) atoms. The van der Waals surface area contributed by atoms with Gasteiger partial charge in [-0.1, -0.05) is 30.3 Å². The number of hydrogen-bond acceptors (Lipinski definition) is 2. The van der Waals surface area contributed by atoms with Crippen molar-refractivity contribution in [2.24, 2.45) is 0 Å². The molecule has 1 saturated heterocycles. The summed E-state index contributed by atoms with van der Waals surface area (Å²) in [6.45, 7) is 0. The highest BCUT2D eigenvalue weighted by Gasteiger charge is 2.48. The molecule has 0 bridgehead atoms. The first-order valence-corrected chi connectivity index (χ1v) is 4.65. The van der Waals surface area contributed by atoms with Gasteiger partial charge in [-0.2, -0.15) is 0 Å². The smallest absolute Gasteiger partial charge is 0.316 e. The number of imide groups is 1. The van der Waals surface area contributed by atoms with Gasteiger partial charge in [0.05, 0.1) is 0 Å². The third kappa shape index (κ3) is 0.905. The van der Waals surface area contributed by atoms with Crippen LogP contribution in [0.2, 0.25) is 0 Å². The molecule has 1 aromatic rings. The predicted octanol–water partition coefficient (Wildman–Crippen LogP) is 0.748. The zero-order valence-electron chi connectivity index (χ0n) is 7.78. The standard InChI is InChI=1S/C11H8N2O2/c14-9-11(13-10(15)12-9)6-5-7-3-1-2-4-8(7)11/h1-6H,(H2,12,13,14,15)/t11-/m1/s1. The van der Waals surface area contributed by atoms with Crippen LogP contribution < -0.4 is 10.6 Å². The van der Waals surface area contributed by atoms with Gasteiger partial charge in [0, 0.05) is 0 Å². The van der Waals surface area contributed by atoms with E-state index in [9.17, 15) is 9.59 Å². The maximum Gasteiger partial charge on any atom is 0.322 e. The minimum absolute atomic E-state index is 0.311. The van der Waals surface area contributed by atoms with Crippen molar-refractivity contribution in [3.8, 4) is 0 Å². The van der Waals surface area contributed by atoms with Crippen molar-refractivity contribution in [2.75, 3.05) is 0 Å². The van der Waals surface area contributed by atoms with Crippen LogP contribution in [-0.2, 0) is 10.3 Å². The number of carbonyl (C=O) groups excluding carboxylic acids is 2.